The molecule has 0 bridgehead atoms. The molecule has 0 fully saturated rings. The topological polar surface area (TPSA) is 25.2 Å². The Labute approximate surface area is 132 Å². The van der Waals surface area contributed by atoms with Gasteiger partial charge in [-0.25, -0.2) is 0 Å². The van der Waals surface area contributed by atoms with E-state index in [0.717, 1.165) is 22.3 Å². The van der Waals surface area contributed by atoms with Crippen molar-refractivity contribution in [2.24, 2.45) is 0 Å². The van der Waals surface area contributed by atoms with Crippen molar-refractivity contribution in [2.75, 3.05) is 5.32 Å². The van der Waals surface area contributed by atoms with Gasteiger partial charge >= 0.3 is 0 Å². The Hall–Kier alpha value is -2.00. The molecule has 0 spiro atoms. The highest BCUT2D eigenvalue weighted by molar-refractivity contribution is 9.10. The van der Waals surface area contributed by atoms with Crippen LogP contribution in [0, 0.1) is 0 Å². The van der Waals surface area contributed by atoms with Crippen LogP contribution < -0.4 is 5.32 Å². The summed E-state index contributed by atoms with van der Waals surface area (Å²) in [6.07, 6.45) is 2.61. The van der Waals surface area contributed by atoms with Crippen LogP contribution in [0.3, 0.4) is 0 Å². The van der Waals surface area contributed by atoms with E-state index in [2.05, 4.69) is 63.7 Å². The van der Waals surface area contributed by atoms with Crippen molar-refractivity contribution >= 4 is 21.6 Å². The molecule has 1 aromatic heterocycles. The summed E-state index contributed by atoms with van der Waals surface area (Å²) in [5.41, 5.74) is 3.74. The number of hydrogen-bond acceptors (Lipinski definition) is 2. The zero-order chi connectivity index (χ0) is 14.5. The van der Waals surface area contributed by atoms with E-state index in [0.29, 0.717) is 6.54 Å². The number of benzene rings is 2. The molecule has 0 radical (unpaired) electrons. The molecule has 0 unspecified atom stereocenters. The minimum atomic E-state index is 0.666. The minimum Gasteiger partial charge on any atom is -0.466 e. The van der Waals surface area contributed by atoms with Gasteiger partial charge in [-0.05, 0) is 45.6 Å². The van der Waals surface area contributed by atoms with Gasteiger partial charge in [0.1, 0.15) is 5.76 Å². The molecule has 21 heavy (non-hydrogen) atoms. The van der Waals surface area contributed by atoms with Crippen LogP contribution in [0.5, 0.6) is 0 Å². The second-order valence-corrected chi connectivity index (χ2v) is 5.72. The average Bonchev–Trinajstić information content (AvgIpc) is 2.93. The van der Waals surface area contributed by atoms with E-state index in [9.17, 15) is 0 Å². The van der Waals surface area contributed by atoms with Gasteiger partial charge < -0.3 is 9.73 Å². The van der Waals surface area contributed by atoms with Gasteiger partial charge in [-0.2, -0.15) is 0 Å². The van der Waals surface area contributed by atoms with Crippen molar-refractivity contribution < 1.29 is 4.42 Å². The normalized spacial score (nSPS) is 10.5. The fourth-order valence-electron chi connectivity index (χ4n) is 2.29. The van der Waals surface area contributed by atoms with Gasteiger partial charge in [0.05, 0.1) is 17.3 Å². The first-order valence-electron chi connectivity index (χ1n) is 6.90. The monoisotopic (exact) mass is 341 g/mol. The Balaban J connectivity index is 1.75. The molecule has 0 amide bonds. The summed E-state index contributed by atoms with van der Waals surface area (Å²) in [6.45, 7) is 0.666. The van der Waals surface area contributed by atoms with Crippen molar-refractivity contribution in [3.8, 4) is 0 Å². The fraction of sp³-hybridized carbons (Fsp3) is 0.111. The first kappa shape index (κ1) is 14.0. The molecule has 0 aliphatic heterocycles. The third-order valence-electron chi connectivity index (χ3n) is 3.39. The SMILES string of the molecule is Brc1ccoc1CNc1ccccc1Cc1ccccc1. The van der Waals surface area contributed by atoms with Gasteiger partial charge in [0.25, 0.3) is 0 Å². The van der Waals surface area contributed by atoms with Crippen LogP contribution in [0.25, 0.3) is 0 Å². The molecule has 3 aromatic rings. The van der Waals surface area contributed by atoms with E-state index >= 15 is 0 Å². The van der Waals surface area contributed by atoms with Crippen molar-refractivity contribution in [1.82, 2.24) is 0 Å². The van der Waals surface area contributed by atoms with Crippen molar-refractivity contribution in [1.29, 1.82) is 0 Å². The maximum Gasteiger partial charge on any atom is 0.136 e. The minimum absolute atomic E-state index is 0.666. The van der Waals surface area contributed by atoms with Gasteiger partial charge in [-0.15, -0.1) is 0 Å². The highest BCUT2D eigenvalue weighted by atomic mass is 79.9. The Morgan fingerprint density at radius 3 is 2.43 bits per heavy atom. The first-order valence-corrected chi connectivity index (χ1v) is 7.70. The molecule has 0 atom stereocenters. The lowest BCUT2D eigenvalue weighted by molar-refractivity contribution is 0.516. The number of rotatable bonds is 5. The lowest BCUT2D eigenvalue weighted by Gasteiger charge is -2.11. The smallest absolute Gasteiger partial charge is 0.136 e. The first-order chi connectivity index (χ1) is 10.3. The van der Waals surface area contributed by atoms with Crippen molar-refractivity contribution in [3.05, 3.63) is 88.3 Å². The molecular formula is C18H16BrNO. The van der Waals surface area contributed by atoms with Gasteiger partial charge in [-0.3, -0.25) is 0 Å². The summed E-state index contributed by atoms with van der Waals surface area (Å²) < 4.78 is 6.43. The maximum atomic E-state index is 5.43. The molecular weight excluding hydrogens is 326 g/mol. The average molecular weight is 342 g/mol. The van der Waals surface area contributed by atoms with E-state index in [1.807, 2.05) is 18.2 Å². The highest BCUT2D eigenvalue weighted by Gasteiger charge is 2.06. The van der Waals surface area contributed by atoms with Crippen LogP contribution in [-0.4, -0.2) is 0 Å². The van der Waals surface area contributed by atoms with Gasteiger partial charge in [0.2, 0.25) is 0 Å². The van der Waals surface area contributed by atoms with Crippen molar-refractivity contribution in [3.63, 3.8) is 0 Å². The van der Waals surface area contributed by atoms with E-state index in [-0.39, 0.29) is 0 Å². The van der Waals surface area contributed by atoms with Gasteiger partial charge in [-0.1, -0.05) is 48.5 Å². The molecule has 0 saturated heterocycles. The maximum absolute atomic E-state index is 5.43. The third-order valence-corrected chi connectivity index (χ3v) is 4.09. The lowest BCUT2D eigenvalue weighted by atomic mass is 10.0. The molecule has 1 heterocycles. The second kappa shape index (κ2) is 6.64. The summed E-state index contributed by atoms with van der Waals surface area (Å²) in [7, 11) is 0. The predicted molar refractivity (Wildman–Crippen MR) is 89.4 cm³/mol. The van der Waals surface area contributed by atoms with E-state index in [1.165, 1.54) is 11.1 Å². The summed E-state index contributed by atoms with van der Waals surface area (Å²) in [6, 6.07) is 20.8. The number of halogens is 1. The van der Waals surface area contributed by atoms with E-state index < -0.39 is 0 Å². The summed E-state index contributed by atoms with van der Waals surface area (Å²) in [4.78, 5) is 0. The molecule has 2 aromatic carbocycles. The van der Waals surface area contributed by atoms with Gasteiger partial charge in [0.15, 0.2) is 0 Å². The van der Waals surface area contributed by atoms with Crippen LogP contribution >= 0.6 is 15.9 Å². The number of anilines is 1. The zero-order valence-electron chi connectivity index (χ0n) is 11.6. The van der Waals surface area contributed by atoms with Crippen molar-refractivity contribution in [2.45, 2.75) is 13.0 Å². The van der Waals surface area contributed by atoms with Gasteiger partial charge in [0, 0.05) is 5.69 Å². The molecule has 0 aliphatic rings. The van der Waals surface area contributed by atoms with E-state index in [1.54, 1.807) is 6.26 Å². The predicted octanol–water partition coefficient (Wildman–Crippen LogP) is 5.25. The molecule has 0 aliphatic carbocycles. The summed E-state index contributed by atoms with van der Waals surface area (Å²) >= 11 is 3.48. The van der Waals surface area contributed by atoms with Crippen LogP contribution in [0.4, 0.5) is 5.69 Å². The Bertz CT molecular complexity index is 706. The third kappa shape index (κ3) is 3.56. The number of para-hydroxylation sites is 1. The summed E-state index contributed by atoms with van der Waals surface area (Å²) in [5, 5.41) is 3.45. The van der Waals surface area contributed by atoms with Crippen LogP contribution in [-0.2, 0) is 13.0 Å². The molecule has 106 valence electrons. The Kier molecular flexibility index (Phi) is 4.41. The highest BCUT2D eigenvalue weighted by Crippen LogP contribution is 2.22. The standard InChI is InChI=1S/C18H16BrNO/c19-16-10-11-21-18(16)13-20-17-9-5-4-8-15(17)12-14-6-2-1-3-7-14/h1-11,20H,12-13H2. The number of furan rings is 1. The molecule has 2 nitrogen and oxygen atoms in total. The lowest BCUT2D eigenvalue weighted by Crippen LogP contribution is -2.02. The van der Waals surface area contributed by atoms with Crippen LogP contribution in [0.15, 0.2) is 75.8 Å². The number of hydrogen-bond donors (Lipinski definition) is 1. The fourth-order valence-corrected chi connectivity index (χ4v) is 2.63. The van der Waals surface area contributed by atoms with E-state index in [4.69, 9.17) is 4.42 Å². The van der Waals surface area contributed by atoms with Crippen LogP contribution in [0.1, 0.15) is 16.9 Å². The molecule has 1 N–H and O–H groups in total. The zero-order valence-corrected chi connectivity index (χ0v) is 13.1. The molecule has 0 saturated carbocycles. The van der Waals surface area contributed by atoms with Crippen LogP contribution in [0.2, 0.25) is 0 Å². The Morgan fingerprint density at radius 1 is 0.905 bits per heavy atom. The summed E-state index contributed by atoms with van der Waals surface area (Å²) in [5.74, 6) is 0.907. The second-order valence-electron chi connectivity index (χ2n) is 4.86. The number of nitrogens with one attached hydrogen (secondary N) is 1. The Morgan fingerprint density at radius 2 is 1.67 bits per heavy atom. The largest absolute Gasteiger partial charge is 0.466 e. The quantitative estimate of drug-likeness (QED) is 0.685. The molecule has 3 heteroatoms. The molecule has 3 rings (SSSR count).